The second-order valence-corrected chi connectivity index (χ2v) is 9.88. The number of anilines is 1. The molecule has 37 heavy (non-hydrogen) atoms. The second-order valence-electron chi connectivity index (χ2n) is 9.88. The Morgan fingerprint density at radius 2 is 1.78 bits per heavy atom. The minimum atomic E-state index is -4.47. The average Bonchev–Trinajstić information content (AvgIpc) is 2.88. The fourth-order valence-corrected chi connectivity index (χ4v) is 5.04. The molecule has 7 nitrogen and oxygen atoms in total. The van der Waals surface area contributed by atoms with Crippen LogP contribution in [0.3, 0.4) is 0 Å². The number of ether oxygens (including phenoxy) is 1. The molecule has 0 spiro atoms. The SMILES string of the molecule is CN(C)CCCNC(=O)C(=O)NC[C@H]1CC[C@@H]2[C@H](O1)c1cc(C(F)(F)F)ccc1N[C@H]2c1ccccc1. The summed E-state index contributed by atoms with van der Waals surface area (Å²) >= 11 is 0. The molecule has 2 aromatic rings. The summed E-state index contributed by atoms with van der Waals surface area (Å²) in [6.07, 6.45) is -3.47. The van der Waals surface area contributed by atoms with Crippen molar-refractivity contribution in [3.05, 3.63) is 65.2 Å². The lowest BCUT2D eigenvalue weighted by atomic mass is 9.76. The Morgan fingerprint density at radius 3 is 2.49 bits per heavy atom. The number of carbonyl (C=O) groups is 2. The lowest BCUT2D eigenvalue weighted by molar-refractivity contribution is -0.140. The molecule has 0 radical (unpaired) electrons. The van der Waals surface area contributed by atoms with Gasteiger partial charge in [0.2, 0.25) is 0 Å². The Balaban J connectivity index is 1.46. The molecule has 4 atom stereocenters. The number of hydrogen-bond donors (Lipinski definition) is 3. The van der Waals surface area contributed by atoms with Crippen LogP contribution in [0.25, 0.3) is 0 Å². The van der Waals surface area contributed by atoms with E-state index < -0.39 is 35.8 Å². The summed E-state index contributed by atoms with van der Waals surface area (Å²) in [6, 6.07) is 13.3. The van der Waals surface area contributed by atoms with E-state index in [1.165, 1.54) is 6.07 Å². The lowest BCUT2D eigenvalue weighted by Gasteiger charge is -2.46. The summed E-state index contributed by atoms with van der Waals surface area (Å²) in [5, 5.41) is 8.64. The van der Waals surface area contributed by atoms with Gasteiger partial charge >= 0.3 is 18.0 Å². The number of nitrogens with zero attached hydrogens (tertiary/aromatic N) is 1. The van der Waals surface area contributed by atoms with Crippen LogP contribution in [-0.4, -0.2) is 56.5 Å². The second kappa shape index (κ2) is 11.5. The number of amides is 2. The van der Waals surface area contributed by atoms with Crippen LogP contribution in [0, 0.1) is 5.92 Å². The van der Waals surface area contributed by atoms with Crippen LogP contribution in [-0.2, 0) is 20.5 Å². The van der Waals surface area contributed by atoms with E-state index >= 15 is 0 Å². The minimum absolute atomic E-state index is 0.0923. The Morgan fingerprint density at radius 1 is 1.05 bits per heavy atom. The van der Waals surface area contributed by atoms with Crippen molar-refractivity contribution in [2.75, 3.05) is 39.0 Å². The van der Waals surface area contributed by atoms with Crippen molar-refractivity contribution in [1.29, 1.82) is 0 Å². The summed E-state index contributed by atoms with van der Waals surface area (Å²) in [5.74, 6) is -1.55. The highest BCUT2D eigenvalue weighted by Gasteiger charge is 2.43. The van der Waals surface area contributed by atoms with E-state index in [4.69, 9.17) is 4.74 Å². The van der Waals surface area contributed by atoms with E-state index in [2.05, 4.69) is 16.0 Å². The largest absolute Gasteiger partial charge is 0.416 e. The molecule has 2 aromatic carbocycles. The third-order valence-corrected chi connectivity index (χ3v) is 6.90. The molecule has 10 heteroatoms. The minimum Gasteiger partial charge on any atom is -0.378 e. The molecule has 1 fully saturated rings. The van der Waals surface area contributed by atoms with Gasteiger partial charge < -0.3 is 25.6 Å². The zero-order valence-electron chi connectivity index (χ0n) is 21.0. The molecule has 3 N–H and O–H groups in total. The van der Waals surface area contributed by atoms with Crippen LogP contribution in [0.5, 0.6) is 0 Å². The molecule has 2 aliphatic heterocycles. The number of nitrogens with one attached hydrogen (secondary N) is 3. The number of carbonyl (C=O) groups excluding carboxylic acids is 2. The van der Waals surface area contributed by atoms with Gasteiger partial charge in [-0.1, -0.05) is 30.3 Å². The van der Waals surface area contributed by atoms with Gasteiger partial charge in [0.05, 0.1) is 23.8 Å². The molecule has 0 saturated carbocycles. The molecule has 4 rings (SSSR count). The van der Waals surface area contributed by atoms with E-state index in [0.717, 1.165) is 30.7 Å². The van der Waals surface area contributed by atoms with E-state index in [9.17, 15) is 22.8 Å². The van der Waals surface area contributed by atoms with Gasteiger partial charge in [0, 0.05) is 30.3 Å². The van der Waals surface area contributed by atoms with E-state index in [1.54, 1.807) is 0 Å². The van der Waals surface area contributed by atoms with Crippen molar-refractivity contribution in [1.82, 2.24) is 15.5 Å². The molecule has 0 aromatic heterocycles. The van der Waals surface area contributed by atoms with Gasteiger partial charge in [0.15, 0.2) is 0 Å². The first-order valence-corrected chi connectivity index (χ1v) is 12.5. The zero-order valence-corrected chi connectivity index (χ0v) is 21.0. The highest BCUT2D eigenvalue weighted by Crippen LogP contribution is 2.51. The maximum Gasteiger partial charge on any atom is 0.416 e. The molecular weight excluding hydrogens is 485 g/mol. The summed E-state index contributed by atoms with van der Waals surface area (Å²) in [5.41, 5.74) is 1.37. The monoisotopic (exact) mass is 518 g/mol. The molecule has 0 aliphatic carbocycles. The number of hydrogen-bond acceptors (Lipinski definition) is 5. The standard InChI is InChI=1S/C27H33F3N4O3/c1-34(2)14-6-13-31-25(35)26(36)32-16-19-10-11-20-23(17-7-4-3-5-8-17)33-22-12-9-18(27(28,29)30)15-21(22)24(20)37-19/h3-5,7-9,12,15,19-20,23-24,33H,6,10-11,13-14,16H2,1-2H3,(H,31,35)(H,32,36)/t19-,20+,23+,24+/m1/s1. The first-order valence-electron chi connectivity index (χ1n) is 12.5. The highest BCUT2D eigenvalue weighted by molar-refractivity contribution is 6.35. The summed E-state index contributed by atoms with van der Waals surface area (Å²) < 4.78 is 46.8. The summed E-state index contributed by atoms with van der Waals surface area (Å²) in [4.78, 5) is 26.3. The van der Waals surface area contributed by atoms with E-state index in [-0.39, 0.29) is 18.5 Å². The smallest absolute Gasteiger partial charge is 0.378 e. The molecule has 1 saturated heterocycles. The molecule has 0 bridgehead atoms. The third-order valence-electron chi connectivity index (χ3n) is 6.90. The van der Waals surface area contributed by atoms with Crippen molar-refractivity contribution in [3.8, 4) is 0 Å². The quantitative estimate of drug-likeness (QED) is 0.383. The third kappa shape index (κ3) is 6.61. The fraction of sp³-hybridized carbons (Fsp3) is 0.481. The first-order chi connectivity index (χ1) is 17.6. The van der Waals surface area contributed by atoms with Crippen LogP contribution in [0.2, 0.25) is 0 Å². The molecule has 200 valence electrons. The number of alkyl halides is 3. The van der Waals surface area contributed by atoms with Crippen molar-refractivity contribution in [2.24, 2.45) is 5.92 Å². The molecule has 2 amide bonds. The van der Waals surface area contributed by atoms with Crippen LogP contribution in [0.4, 0.5) is 18.9 Å². The number of fused-ring (bicyclic) bond motifs is 3. The van der Waals surface area contributed by atoms with Crippen molar-refractivity contribution in [3.63, 3.8) is 0 Å². The normalized spacial score (nSPS) is 23.0. The predicted octanol–water partition coefficient (Wildman–Crippen LogP) is 3.89. The van der Waals surface area contributed by atoms with Crippen LogP contribution >= 0.6 is 0 Å². The van der Waals surface area contributed by atoms with Gasteiger partial charge in [-0.3, -0.25) is 9.59 Å². The van der Waals surface area contributed by atoms with Crippen LogP contribution in [0.1, 0.15) is 48.1 Å². The Bertz CT molecular complexity index is 1090. The molecule has 0 unspecified atom stereocenters. The van der Waals surface area contributed by atoms with Gasteiger partial charge in [0.1, 0.15) is 0 Å². The van der Waals surface area contributed by atoms with Crippen molar-refractivity contribution < 1.29 is 27.5 Å². The predicted molar refractivity (Wildman–Crippen MR) is 134 cm³/mol. The Hall–Kier alpha value is -3.11. The summed E-state index contributed by atoms with van der Waals surface area (Å²) in [7, 11) is 3.85. The number of halogens is 3. The summed E-state index contributed by atoms with van der Waals surface area (Å²) in [6.45, 7) is 1.28. The topological polar surface area (TPSA) is 82.7 Å². The Kier molecular flexibility index (Phi) is 8.39. The molecule has 2 aliphatic rings. The Labute approximate surface area is 214 Å². The zero-order chi connectivity index (χ0) is 26.6. The van der Waals surface area contributed by atoms with Gasteiger partial charge in [0.25, 0.3) is 0 Å². The maximum atomic E-state index is 13.5. The van der Waals surface area contributed by atoms with Gasteiger partial charge in [-0.15, -0.1) is 0 Å². The first kappa shape index (κ1) is 26.9. The van der Waals surface area contributed by atoms with E-state index in [0.29, 0.717) is 30.6 Å². The molecule has 2 heterocycles. The van der Waals surface area contributed by atoms with Crippen LogP contribution < -0.4 is 16.0 Å². The van der Waals surface area contributed by atoms with Crippen molar-refractivity contribution >= 4 is 17.5 Å². The number of benzene rings is 2. The number of rotatable bonds is 7. The van der Waals surface area contributed by atoms with Crippen LogP contribution in [0.15, 0.2) is 48.5 Å². The lowest BCUT2D eigenvalue weighted by Crippen LogP contribution is -2.46. The highest BCUT2D eigenvalue weighted by atomic mass is 19.4. The average molecular weight is 519 g/mol. The fourth-order valence-electron chi connectivity index (χ4n) is 5.04. The molecular formula is C27H33F3N4O3. The van der Waals surface area contributed by atoms with E-state index in [1.807, 2.05) is 49.3 Å². The maximum absolute atomic E-state index is 13.5. The van der Waals surface area contributed by atoms with Crippen molar-refractivity contribution in [2.45, 2.75) is 43.7 Å². The van der Waals surface area contributed by atoms with Gasteiger partial charge in [-0.25, -0.2) is 0 Å². The van der Waals surface area contributed by atoms with Gasteiger partial charge in [-0.2, -0.15) is 13.2 Å². The van der Waals surface area contributed by atoms with Gasteiger partial charge in [-0.05, 0) is 63.7 Å².